The van der Waals surface area contributed by atoms with Crippen molar-refractivity contribution in [2.75, 3.05) is 19.3 Å². The number of nitrogens with two attached hydrogens (primary N) is 1. The molecule has 1 atom stereocenters. The van der Waals surface area contributed by atoms with E-state index in [9.17, 15) is 13.2 Å². The van der Waals surface area contributed by atoms with Crippen LogP contribution in [0.15, 0.2) is 27.6 Å². The molecular formula is C12H15BrN2O3S. The van der Waals surface area contributed by atoms with Crippen molar-refractivity contribution in [2.24, 2.45) is 5.73 Å². The van der Waals surface area contributed by atoms with Gasteiger partial charge in [-0.1, -0.05) is 0 Å². The number of carbonyl (C=O) groups is 1. The minimum atomic E-state index is -3.33. The SMILES string of the molecule is CS(=O)(=O)c1ccc(Br)c(C(=O)N2CCC(N)C2)c1. The van der Waals surface area contributed by atoms with Gasteiger partial charge in [0.25, 0.3) is 5.91 Å². The van der Waals surface area contributed by atoms with Gasteiger partial charge < -0.3 is 10.6 Å². The van der Waals surface area contributed by atoms with Crippen molar-refractivity contribution in [1.29, 1.82) is 0 Å². The van der Waals surface area contributed by atoms with Crippen molar-refractivity contribution in [1.82, 2.24) is 4.90 Å². The van der Waals surface area contributed by atoms with Gasteiger partial charge in [0.1, 0.15) is 0 Å². The number of rotatable bonds is 2. The summed E-state index contributed by atoms with van der Waals surface area (Å²) in [6, 6.07) is 4.47. The minimum absolute atomic E-state index is 0.000756. The quantitative estimate of drug-likeness (QED) is 0.866. The van der Waals surface area contributed by atoms with E-state index >= 15 is 0 Å². The second-order valence-corrected chi connectivity index (χ2v) is 7.58. The summed E-state index contributed by atoms with van der Waals surface area (Å²) in [6.45, 7) is 1.11. The third-order valence-corrected chi connectivity index (χ3v) is 4.91. The second-order valence-electron chi connectivity index (χ2n) is 4.71. The van der Waals surface area contributed by atoms with Crippen LogP contribution in [0, 0.1) is 0 Å². The Labute approximate surface area is 120 Å². The van der Waals surface area contributed by atoms with E-state index in [0.29, 0.717) is 23.1 Å². The molecule has 1 fully saturated rings. The van der Waals surface area contributed by atoms with Crippen LogP contribution in [0.3, 0.4) is 0 Å². The molecule has 1 aliphatic rings. The molecule has 1 aliphatic heterocycles. The first-order valence-electron chi connectivity index (χ1n) is 5.83. The summed E-state index contributed by atoms with van der Waals surface area (Å²) in [5, 5.41) is 0. The number of hydrogen-bond acceptors (Lipinski definition) is 4. The van der Waals surface area contributed by atoms with Crippen LogP contribution in [0.2, 0.25) is 0 Å². The lowest BCUT2D eigenvalue weighted by molar-refractivity contribution is 0.0789. The molecule has 2 N–H and O–H groups in total. The lowest BCUT2D eigenvalue weighted by Gasteiger charge is -2.17. The zero-order valence-electron chi connectivity index (χ0n) is 10.5. The predicted octanol–water partition coefficient (Wildman–Crippen LogP) is 1.03. The van der Waals surface area contributed by atoms with Gasteiger partial charge in [-0.3, -0.25) is 4.79 Å². The first-order valence-corrected chi connectivity index (χ1v) is 8.52. The van der Waals surface area contributed by atoms with Gasteiger partial charge in [-0.05, 0) is 40.5 Å². The van der Waals surface area contributed by atoms with Crippen molar-refractivity contribution in [3.8, 4) is 0 Å². The number of amides is 1. The van der Waals surface area contributed by atoms with Crippen molar-refractivity contribution >= 4 is 31.7 Å². The molecule has 0 radical (unpaired) electrons. The van der Waals surface area contributed by atoms with Gasteiger partial charge in [0, 0.05) is 29.9 Å². The van der Waals surface area contributed by atoms with E-state index in [4.69, 9.17) is 5.73 Å². The highest BCUT2D eigenvalue weighted by atomic mass is 79.9. The standard InChI is InChI=1S/C12H15BrN2O3S/c1-19(17,18)9-2-3-11(13)10(6-9)12(16)15-5-4-8(14)7-15/h2-3,6,8H,4-5,7,14H2,1H3. The largest absolute Gasteiger partial charge is 0.337 e. The average Bonchev–Trinajstić information content (AvgIpc) is 2.74. The first-order chi connectivity index (χ1) is 8.79. The number of hydrogen-bond donors (Lipinski definition) is 1. The Kier molecular flexibility index (Phi) is 3.98. The van der Waals surface area contributed by atoms with Crippen molar-refractivity contribution in [3.05, 3.63) is 28.2 Å². The minimum Gasteiger partial charge on any atom is -0.337 e. The lowest BCUT2D eigenvalue weighted by atomic mass is 10.2. The summed E-state index contributed by atoms with van der Waals surface area (Å²) in [5.74, 6) is -0.190. The fourth-order valence-electron chi connectivity index (χ4n) is 2.04. The zero-order valence-corrected chi connectivity index (χ0v) is 12.9. The maximum atomic E-state index is 12.3. The van der Waals surface area contributed by atoms with Gasteiger partial charge in [0.05, 0.1) is 10.5 Å². The Bertz CT molecular complexity index is 615. The number of carbonyl (C=O) groups excluding carboxylic acids is 1. The predicted molar refractivity (Wildman–Crippen MR) is 75.7 cm³/mol. The Morgan fingerprint density at radius 1 is 1.47 bits per heavy atom. The summed E-state index contributed by atoms with van der Waals surface area (Å²) in [5.41, 5.74) is 6.14. The second kappa shape index (κ2) is 5.22. The fraction of sp³-hybridized carbons (Fsp3) is 0.417. The molecule has 19 heavy (non-hydrogen) atoms. The third-order valence-electron chi connectivity index (χ3n) is 3.11. The molecule has 1 heterocycles. The van der Waals surface area contributed by atoms with E-state index < -0.39 is 9.84 Å². The van der Waals surface area contributed by atoms with E-state index in [-0.39, 0.29) is 16.8 Å². The molecule has 0 spiro atoms. The summed E-state index contributed by atoms with van der Waals surface area (Å²) < 4.78 is 23.7. The topological polar surface area (TPSA) is 80.5 Å². The van der Waals surface area contributed by atoms with E-state index in [1.807, 2.05) is 0 Å². The molecule has 1 saturated heterocycles. The maximum absolute atomic E-state index is 12.3. The van der Waals surface area contributed by atoms with Crippen LogP contribution < -0.4 is 5.73 Å². The fourth-order valence-corrected chi connectivity index (χ4v) is 3.10. The molecule has 7 heteroatoms. The van der Waals surface area contributed by atoms with Crippen LogP contribution in [0.1, 0.15) is 16.8 Å². The van der Waals surface area contributed by atoms with E-state index in [2.05, 4.69) is 15.9 Å². The third kappa shape index (κ3) is 3.16. The monoisotopic (exact) mass is 346 g/mol. The highest BCUT2D eigenvalue weighted by Crippen LogP contribution is 2.24. The molecule has 0 bridgehead atoms. The smallest absolute Gasteiger partial charge is 0.255 e. The van der Waals surface area contributed by atoms with Gasteiger partial charge in [-0.15, -0.1) is 0 Å². The number of halogens is 1. The van der Waals surface area contributed by atoms with Crippen LogP contribution in [0.5, 0.6) is 0 Å². The molecule has 1 amide bonds. The number of likely N-dealkylation sites (tertiary alicyclic amines) is 1. The van der Waals surface area contributed by atoms with Gasteiger partial charge in [0.15, 0.2) is 9.84 Å². The highest BCUT2D eigenvalue weighted by Gasteiger charge is 2.26. The number of nitrogens with zero attached hydrogens (tertiary/aromatic N) is 1. The Morgan fingerprint density at radius 3 is 2.68 bits per heavy atom. The van der Waals surface area contributed by atoms with Crippen LogP contribution in [0.4, 0.5) is 0 Å². The molecule has 5 nitrogen and oxygen atoms in total. The number of benzene rings is 1. The Balaban J connectivity index is 2.36. The first kappa shape index (κ1) is 14.5. The summed E-state index contributed by atoms with van der Waals surface area (Å²) in [6.07, 6.45) is 1.89. The maximum Gasteiger partial charge on any atom is 0.255 e. The molecular weight excluding hydrogens is 332 g/mol. The Hall–Kier alpha value is -0.920. The highest BCUT2D eigenvalue weighted by molar-refractivity contribution is 9.10. The van der Waals surface area contributed by atoms with Gasteiger partial charge in [-0.25, -0.2) is 8.42 Å². The summed E-state index contributed by atoms with van der Waals surface area (Å²) >= 11 is 3.29. The molecule has 1 aromatic rings. The molecule has 104 valence electrons. The molecule has 0 aromatic heterocycles. The molecule has 0 aliphatic carbocycles. The molecule has 2 rings (SSSR count). The van der Waals surface area contributed by atoms with E-state index in [1.54, 1.807) is 11.0 Å². The normalized spacial score (nSPS) is 19.7. The number of sulfone groups is 1. The van der Waals surface area contributed by atoms with Crippen LogP contribution in [-0.2, 0) is 9.84 Å². The van der Waals surface area contributed by atoms with Crippen molar-refractivity contribution in [2.45, 2.75) is 17.4 Å². The summed E-state index contributed by atoms with van der Waals surface area (Å²) in [7, 11) is -3.33. The Morgan fingerprint density at radius 2 is 2.16 bits per heavy atom. The van der Waals surface area contributed by atoms with Crippen LogP contribution in [-0.4, -0.2) is 44.6 Å². The van der Waals surface area contributed by atoms with Crippen LogP contribution >= 0.6 is 15.9 Å². The van der Waals surface area contributed by atoms with Gasteiger partial charge in [0.2, 0.25) is 0 Å². The molecule has 1 unspecified atom stereocenters. The molecule has 1 aromatic carbocycles. The summed E-state index contributed by atoms with van der Waals surface area (Å²) in [4.78, 5) is 14.1. The van der Waals surface area contributed by atoms with E-state index in [1.165, 1.54) is 12.1 Å². The van der Waals surface area contributed by atoms with Crippen molar-refractivity contribution < 1.29 is 13.2 Å². The average molecular weight is 347 g/mol. The van der Waals surface area contributed by atoms with Gasteiger partial charge >= 0.3 is 0 Å². The van der Waals surface area contributed by atoms with Gasteiger partial charge in [-0.2, -0.15) is 0 Å². The lowest BCUT2D eigenvalue weighted by Crippen LogP contribution is -2.32. The van der Waals surface area contributed by atoms with E-state index in [0.717, 1.165) is 12.7 Å². The molecule has 0 saturated carbocycles. The van der Waals surface area contributed by atoms with Crippen LogP contribution in [0.25, 0.3) is 0 Å². The van der Waals surface area contributed by atoms with Crippen molar-refractivity contribution in [3.63, 3.8) is 0 Å². The zero-order chi connectivity index (χ0) is 14.2.